The van der Waals surface area contributed by atoms with Crippen molar-refractivity contribution in [3.8, 4) is 0 Å². The Morgan fingerprint density at radius 2 is 1.00 bits per heavy atom. The van der Waals surface area contributed by atoms with Crippen LogP contribution in [0.15, 0.2) is 12.2 Å². The SMILES string of the molecule is O=C(O)CC(=O)OC[C@H]1O[C@@H](OC2CC(O)CC3OC(C4CCC(O)C(O)C4)C(O[C@@H]4O[C@H](COC(=O)C=CC5CCC(O[C@@H]6O[C@H](CO)[C@@H](O)[C@H](O)[C@H]6O)CC5)[C@@H](O)[C@H](O)[C@H]4O[C@@H]4O[C@H](CO)[C@@H](O)[C@H](O)[C@H]4O)CC32)[C@H](O)[C@@H](O)[C@@H]1O. The van der Waals surface area contributed by atoms with Gasteiger partial charge in [0.05, 0.1) is 62.0 Å². The van der Waals surface area contributed by atoms with Gasteiger partial charge in [-0.3, -0.25) is 9.59 Å². The zero-order valence-electron chi connectivity index (χ0n) is 44.5. The zero-order chi connectivity index (χ0) is 59.4. The lowest BCUT2D eigenvalue weighted by atomic mass is 9.72. The molecule has 8 aliphatic rings. The summed E-state index contributed by atoms with van der Waals surface area (Å²) in [6.07, 6.45) is -39.1. The number of aliphatic hydroxyl groups excluding tert-OH is 16. The molecule has 17 N–H and O–H groups in total. The summed E-state index contributed by atoms with van der Waals surface area (Å²) in [5.74, 6) is -5.13. The van der Waals surface area contributed by atoms with E-state index in [0.717, 1.165) is 6.08 Å². The van der Waals surface area contributed by atoms with Crippen molar-refractivity contribution < 1.29 is 153 Å². The summed E-state index contributed by atoms with van der Waals surface area (Å²) in [4.78, 5) is 36.3. The van der Waals surface area contributed by atoms with Crippen molar-refractivity contribution in [2.45, 2.75) is 242 Å². The first-order valence-electron chi connectivity index (χ1n) is 27.8. The Kier molecular flexibility index (Phi) is 22.9. The number of hydrogen-bond donors (Lipinski definition) is 17. The Bertz CT molecular complexity index is 2080. The number of carboxylic acid groups (broad SMARTS) is 1. The highest BCUT2D eigenvalue weighted by atomic mass is 16.8. The summed E-state index contributed by atoms with van der Waals surface area (Å²) in [6.45, 7) is -2.97. The smallest absolute Gasteiger partial charge is 0.330 e. The Labute approximate surface area is 468 Å². The first-order chi connectivity index (χ1) is 39.0. The van der Waals surface area contributed by atoms with Crippen LogP contribution >= 0.6 is 0 Å². The summed E-state index contributed by atoms with van der Waals surface area (Å²) >= 11 is 0. The monoisotopic (exact) mass is 1190 g/mol. The van der Waals surface area contributed by atoms with Gasteiger partial charge in [0.2, 0.25) is 0 Å². The molecule has 5 saturated heterocycles. The molecule has 31 heteroatoms. The summed E-state index contributed by atoms with van der Waals surface area (Å²) in [7, 11) is 0. The van der Waals surface area contributed by atoms with Gasteiger partial charge < -0.3 is 139 Å². The first kappa shape index (κ1) is 65.1. The molecule has 0 aromatic rings. The number of carbonyl (C=O) groups excluding carboxylic acids is 2. The van der Waals surface area contributed by atoms with E-state index in [1.165, 1.54) is 0 Å². The van der Waals surface area contributed by atoms with Gasteiger partial charge in [-0.05, 0) is 69.6 Å². The molecule has 0 spiro atoms. The Hall–Kier alpha value is -2.85. The second-order valence-corrected chi connectivity index (χ2v) is 22.7. The molecule has 29 atom stereocenters. The maximum absolute atomic E-state index is 13.3. The highest BCUT2D eigenvalue weighted by Crippen LogP contribution is 2.46. The van der Waals surface area contributed by atoms with E-state index in [9.17, 15) is 96.1 Å². The normalized spacial score (nSPS) is 48.5. The van der Waals surface area contributed by atoms with E-state index in [4.69, 9.17) is 57.2 Å². The van der Waals surface area contributed by atoms with E-state index in [1.807, 2.05) is 0 Å². The first-order valence-corrected chi connectivity index (χ1v) is 27.8. The average molecular weight is 1190 g/mol. The van der Waals surface area contributed by atoms with Crippen molar-refractivity contribution in [3.05, 3.63) is 12.2 Å². The average Bonchev–Trinajstić information content (AvgIpc) is 3.45. The van der Waals surface area contributed by atoms with Crippen LogP contribution in [-0.4, -0.2) is 303 Å². The Morgan fingerprint density at radius 1 is 0.476 bits per heavy atom. The summed E-state index contributed by atoms with van der Waals surface area (Å²) in [6, 6.07) is 0. The fraction of sp³-hybridized carbons (Fsp3) is 0.902. The Balaban J connectivity index is 0.990. The standard InChI is InChI=1S/C51H80O31/c52-14-28-35(61)39(65)43(69)48(78-28)74-21-5-1-18(2-6-21)3-8-33(59)72-16-31-38(64)42(68)47(82-50-45(71)40(66)36(62)29(15-53)79-50)51(81-31)77-27-12-22-25(75-46(27)19-4-7-23(55)24(56)9-19)10-20(54)11-26(22)76-49-44(70)41(67)37(63)30(80-49)17-73-34(60)13-32(57)58/h3,8,18-31,35-56,61-71H,1-2,4-7,9-17H2,(H,57,58)/t18?,19?,20?,21?,22?,23?,24?,25?,26?,27?,28-,29-,30-,31-,35-,36-,37-,38-,39+,40+,41+,42+,43-,44-,45-,46?,47-,48-,49-,50+,51-/m1/s1. The predicted octanol–water partition coefficient (Wildman–Crippen LogP) is -7.86. The lowest BCUT2D eigenvalue weighted by molar-refractivity contribution is -0.380. The largest absolute Gasteiger partial charge is 0.481 e. The number of allylic oxidation sites excluding steroid dienone is 1. The van der Waals surface area contributed by atoms with Crippen molar-refractivity contribution in [1.82, 2.24) is 0 Å². The van der Waals surface area contributed by atoms with Gasteiger partial charge in [-0.1, -0.05) is 6.08 Å². The number of carboxylic acids is 1. The lowest BCUT2D eigenvalue weighted by Crippen LogP contribution is -2.66. The van der Waals surface area contributed by atoms with Gasteiger partial charge in [-0.25, -0.2) is 4.79 Å². The maximum Gasteiger partial charge on any atom is 0.330 e. The van der Waals surface area contributed by atoms with Crippen LogP contribution < -0.4 is 0 Å². The van der Waals surface area contributed by atoms with Gasteiger partial charge in [0, 0.05) is 18.4 Å². The molecule has 31 nitrogen and oxygen atoms in total. The van der Waals surface area contributed by atoms with Crippen molar-refractivity contribution in [1.29, 1.82) is 0 Å². The minimum absolute atomic E-state index is 0.0139. The van der Waals surface area contributed by atoms with Crippen LogP contribution in [-0.2, 0) is 66.5 Å². The topological polar surface area (TPSA) is 497 Å². The zero-order valence-corrected chi connectivity index (χ0v) is 44.5. The number of fused-ring (bicyclic) bond motifs is 1. The quantitative estimate of drug-likeness (QED) is 0.0324. The highest BCUT2D eigenvalue weighted by Gasteiger charge is 2.57. The minimum Gasteiger partial charge on any atom is -0.481 e. The number of aliphatic carboxylic acids is 1. The number of hydrogen-bond acceptors (Lipinski definition) is 30. The fourth-order valence-electron chi connectivity index (χ4n) is 12.2. The molecule has 5 aliphatic heterocycles. The van der Waals surface area contributed by atoms with E-state index in [0.29, 0.717) is 25.7 Å². The summed E-state index contributed by atoms with van der Waals surface area (Å²) in [5.41, 5.74) is 0. The molecule has 0 aromatic carbocycles. The van der Waals surface area contributed by atoms with Crippen molar-refractivity contribution in [2.75, 3.05) is 26.4 Å². The molecule has 8 fully saturated rings. The molecular formula is C51H80O31. The summed E-state index contributed by atoms with van der Waals surface area (Å²) < 4.78 is 65.1. The molecular weight excluding hydrogens is 1110 g/mol. The van der Waals surface area contributed by atoms with Gasteiger partial charge in [0.1, 0.15) is 117 Å². The van der Waals surface area contributed by atoms with Crippen LogP contribution in [0.2, 0.25) is 0 Å². The molecule has 0 amide bonds. The van der Waals surface area contributed by atoms with Gasteiger partial charge in [0.15, 0.2) is 25.2 Å². The summed E-state index contributed by atoms with van der Waals surface area (Å²) in [5, 5.41) is 180. The molecule has 8 rings (SSSR count). The third-order valence-electron chi connectivity index (χ3n) is 17.0. The molecule has 3 saturated carbocycles. The molecule has 470 valence electrons. The van der Waals surface area contributed by atoms with E-state index in [2.05, 4.69) is 0 Å². The number of aliphatic hydroxyl groups is 16. The van der Waals surface area contributed by atoms with Crippen LogP contribution in [0.25, 0.3) is 0 Å². The molecule has 82 heavy (non-hydrogen) atoms. The van der Waals surface area contributed by atoms with Crippen molar-refractivity contribution >= 4 is 17.9 Å². The minimum atomic E-state index is -2.04. The van der Waals surface area contributed by atoms with Gasteiger partial charge in [-0.15, -0.1) is 0 Å². The third-order valence-corrected chi connectivity index (χ3v) is 17.0. The van der Waals surface area contributed by atoms with Crippen molar-refractivity contribution in [2.24, 2.45) is 17.8 Å². The second-order valence-electron chi connectivity index (χ2n) is 22.7. The van der Waals surface area contributed by atoms with Gasteiger partial charge >= 0.3 is 17.9 Å². The Morgan fingerprint density at radius 3 is 1.59 bits per heavy atom. The van der Waals surface area contributed by atoms with Crippen LogP contribution in [0.4, 0.5) is 0 Å². The molecule has 5 heterocycles. The van der Waals surface area contributed by atoms with Crippen LogP contribution in [0.3, 0.4) is 0 Å². The van der Waals surface area contributed by atoms with E-state index in [-0.39, 0.29) is 44.4 Å². The van der Waals surface area contributed by atoms with E-state index >= 15 is 0 Å². The van der Waals surface area contributed by atoms with Crippen molar-refractivity contribution in [3.63, 3.8) is 0 Å². The van der Waals surface area contributed by atoms with E-state index in [1.54, 1.807) is 6.08 Å². The highest BCUT2D eigenvalue weighted by molar-refractivity contribution is 5.90. The maximum atomic E-state index is 13.3. The lowest BCUT2D eigenvalue weighted by Gasteiger charge is -2.53. The molecule has 3 aliphatic carbocycles. The van der Waals surface area contributed by atoms with Crippen LogP contribution in [0.5, 0.6) is 0 Å². The second kappa shape index (κ2) is 28.8. The number of carbonyl (C=O) groups is 3. The molecule has 0 aromatic heterocycles. The number of rotatable bonds is 19. The number of esters is 2. The third kappa shape index (κ3) is 15.3. The van der Waals surface area contributed by atoms with Gasteiger partial charge in [0.25, 0.3) is 0 Å². The van der Waals surface area contributed by atoms with Crippen LogP contribution in [0, 0.1) is 17.8 Å². The van der Waals surface area contributed by atoms with Gasteiger partial charge in [-0.2, -0.15) is 0 Å². The molecule has 9 unspecified atom stereocenters. The predicted molar refractivity (Wildman–Crippen MR) is 261 cm³/mol. The molecule has 0 radical (unpaired) electrons. The van der Waals surface area contributed by atoms with Crippen LogP contribution in [0.1, 0.15) is 70.6 Å². The van der Waals surface area contributed by atoms with E-state index < -0.39 is 234 Å². The molecule has 0 bridgehead atoms. The fourth-order valence-corrected chi connectivity index (χ4v) is 12.2. The number of ether oxygens (including phenoxy) is 11.